The van der Waals surface area contributed by atoms with Gasteiger partial charge < -0.3 is 14.8 Å². The number of nitrogens with one attached hydrogen (secondary N) is 1. The maximum Gasteiger partial charge on any atom is 0.338 e. The molecule has 0 spiro atoms. The van der Waals surface area contributed by atoms with Crippen LogP contribution in [0.25, 0.3) is 0 Å². The van der Waals surface area contributed by atoms with Gasteiger partial charge in [-0.15, -0.1) is 11.3 Å². The summed E-state index contributed by atoms with van der Waals surface area (Å²) in [6.45, 7) is 6.90. The first-order valence-electron chi connectivity index (χ1n) is 9.85. The van der Waals surface area contributed by atoms with E-state index in [1.54, 1.807) is 42.5 Å². The molecule has 1 N–H and O–H groups in total. The number of hydrogen-bond donors (Lipinski definition) is 1. The van der Waals surface area contributed by atoms with E-state index in [0.717, 1.165) is 31.4 Å². The molecule has 0 fully saturated rings. The Morgan fingerprint density at radius 1 is 1.14 bits per heavy atom. The summed E-state index contributed by atoms with van der Waals surface area (Å²) in [7, 11) is 0. The highest BCUT2D eigenvalue weighted by Crippen LogP contribution is 2.40. The first-order chi connectivity index (χ1) is 13.5. The van der Waals surface area contributed by atoms with Gasteiger partial charge in [0.15, 0.2) is 0 Å². The molecular formula is C22H27NO4S. The molecule has 0 aliphatic heterocycles. The molecule has 1 amide bonds. The molecule has 150 valence electrons. The Kier molecular flexibility index (Phi) is 6.73. The van der Waals surface area contributed by atoms with Crippen molar-refractivity contribution in [2.75, 3.05) is 18.5 Å². The topological polar surface area (TPSA) is 64.6 Å². The van der Waals surface area contributed by atoms with Gasteiger partial charge in [0.1, 0.15) is 10.6 Å². The Balaban J connectivity index is 1.78. The zero-order chi connectivity index (χ0) is 20.1. The highest BCUT2D eigenvalue weighted by molar-refractivity contribution is 7.14. The number of amides is 1. The number of rotatable bonds is 7. The molecular weight excluding hydrogens is 374 g/mol. The standard InChI is InChI=1S/C22H27NO4S/c1-4-26-22(25)15-9-11-16(12-10-15)23-21(24)20-19(27-13-14(2)3)17-7-5-6-8-18(17)28-20/h9-12,14H,4-8,13H2,1-3H3,(H,23,24). The third-order valence-electron chi connectivity index (χ3n) is 4.54. The second-order valence-corrected chi connectivity index (χ2v) is 8.43. The Bertz CT molecular complexity index is 839. The van der Waals surface area contributed by atoms with Gasteiger partial charge in [0.2, 0.25) is 0 Å². The first-order valence-corrected chi connectivity index (χ1v) is 10.7. The summed E-state index contributed by atoms with van der Waals surface area (Å²) in [5.74, 6) is 0.622. The third kappa shape index (κ3) is 4.73. The molecule has 5 nitrogen and oxygen atoms in total. The van der Waals surface area contributed by atoms with Gasteiger partial charge in [-0.2, -0.15) is 0 Å². The Labute approximate surface area is 170 Å². The lowest BCUT2D eigenvalue weighted by atomic mass is 9.98. The number of aryl methyl sites for hydroxylation is 1. The molecule has 3 rings (SSSR count). The van der Waals surface area contributed by atoms with E-state index >= 15 is 0 Å². The van der Waals surface area contributed by atoms with E-state index in [1.807, 2.05) is 0 Å². The van der Waals surface area contributed by atoms with E-state index in [4.69, 9.17) is 9.47 Å². The number of thiophene rings is 1. The summed E-state index contributed by atoms with van der Waals surface area (Å²) >= 11 is 1.54. The van der Waals surface area contributed by atoms with Crippen LogP contribution in [0, 0.1) is 5.92 Å². The van der Waals surface area contributed by atoms with Crippen molar-refractivity contribution in [1.29, 1.82) is 0 Å². The van der Waals surface area contributed by atoms with Crippen molar-refractivity contribution in [2.24, 2.45) is 5.92 Å². The lowest BCUT2D eigenvalue weighted by Crippen LogP contribution is -2.14. The molecule has 0 bridgehead atoms. The zero-order valence-electron chi connectivity index (χ0n) is 16.7. The maximum absolute atomic E-state index is 12.9. The van der Waals surface area contributed by atoms with Gasteiger partial charge in [0, 0.05) is 16.1 Å². The number of carbonyl (C=O) groups excluding carboxylic acids is 2. The maximum atomic E-state index is 12.9. The van der Waals surface area contributed by atoms with Crippen molar-refractivity contribution in [3.8, 4) is 5.75 Å². The van der Waals surface area contributed by atoms with Crippen molar-refractivity contribution in [1.82, 2.24) is 0 Å². The van der Waals surface area contributed by atoms with E-state index in [9.17, 15) is 9.59 Å². The largest absolute Gasteiger partial charge is 0.491 e. The minimum Gasteiger partial charge on any atom is -0.491 e. The molecule has 1 heterocycles. The molecule has 6 heteroatoms. The van der Waals surface area contributed by atoms with Gasteiger partial charge in [0.05, 0.1) is 18.8 Å². The molecule has 1 aromatic heterocycles. The molecule has 2 aromatic rings. The van der Waals surface area contributed by atoms with E-state index in [2.05, 4.69) is 19.2 Å². The average Bonchev–Trinajstić information content (AvgIpc) is 3.06. The van der Waals surface area contributed by atoms with Gasteiger partial charge in [0.25, 0.3) is 5.91 Å². The first kappa shape index (κ1) is 20.4. The number of carbonyl (C=O) groups is 2. The van der Waals surface area contributed by atoms with E-state index in [0.29, 0.717) is 35.3 Å². The Hall–Kier alpha value is -2.34. The lowest BCUT2D eigenvalue weighted by molar-refractivity contribution is 0.0526. The van der Waals surface area contributed by atoms with Gasteiger partial charge >= 0.3 is 5.97 Å². The second-order valence-electron chi connectivity index (χ2n) is 7.33. The fourth-order valence-corrected chi connectivity index (χ4v) is 4.41. The number of hydrogen-bond acceptors (Lipinski definition) is 5. The number of esters is 1. The second kappa shape index (κ2) is 9.24. The van der Waals surface area contributed by atoms with E-state index in [-0.39, 0.29) is 11.9 Å². The van der Waals surface area contributed by atoms with Crippen LogP contribution in [0.15, 0.2) is 24.3 Å². The fraction of sp³-hybridized carbons (Fsp3) is 0.455. The Morgan fingerprint density at radius 3 is 2.54 bits per heavy atom. The van der Waals surface area contributed by atoms with Crippen molar-refractivity contribution in [3.05, 3.63) is 45.1 Å². The summed E-state index contributed by atoms with van der Waals surface area (Å²) in [4.78, 5) is 26.6. The summed E-state index contributed by atoms with van der Waals surface area (Å²) in [6, 6.07) is 6.74. The molecule has 0 atom stereocenters. The fourth-order valence-electron chi connectivity index (χ4n) is 3.18. The van der Waals surface area contributed by atoms with Crippen LogP contribution in [-0.4, -0.2) is 25.1 Å². The van der Waals surface area contributed by atoms with Gasteiger partial charge in [-0.25, -0.2) is 4.79 Å². The summed E-state index contributed by atoms with van der Waals surface area (Å²) in [5.41, 5.74) is 2.31. The van der Waals surface area contributed by atoms with Gasteiger partial charge in [-0.05, 0) is 62.8 Å². The minimum absolute atomic E-state index is 0.165. The number of anilines is 1. The van der Waals surface area contributed by atoms with E-state index in [1.165, 1.54) is 10.4 Å². The highest BCUT2D eigenvalue weighted by Gasteiger charge is 2.26. The highest BCUT2D eigenvalue weighted by atomic mass is 32.1. The molecule has 0 unspecified atom stereocenters. The van der Waals surface area contributed by atoms with Crippen LogP contribution in [0.5, 0.6) is 5.75 Å². The summed E-state index contributed by atoms with van der Waals surface area (Å²) < 4.78 is 11.0. The number of benzene rings is 1. The SMILES string of the molecule is CCOC(=O)c1ccc(NC(=O)c2sc3c(c2OCC(C)C)CCCC3)cc1. The number of fused-ring (bicyclic) bond motifs is 1. The molecule has 0 saturated heterocycles. The van der Waals surface area contributed by atoms with Crippen molar-refractivity contribution in [2.45, 2.75) is 46.5 Å². The summed E-state index contributed by atoms with van der Waals surface area (Å²) in [6.07, 6.45) is 4.28. The monoisotopic (exact) mass is 401 g/mol. The van der Waals surface area contributed by atoms with Crippen molar-refractivity contribution >= 4 is 28.9 Å². The van der Waals surface area contributed by atoms with E-state index < -0.39 is 0 Å². The predicted molar refractivity (Wildman–Crippen MR) is 112 cm³/mol. The van der Waals surface area contributed by atoms with Crippen LogP contribution in [-0.2, 0) is 17.6 Å². The normalized spacial score (nSPS) is 13.1. The molecule has 1 aromatic carbocycles. The lowest BCUT2D eigenvalue weighted by Gasteiger charge is -2.15. The smallest absolute Gasteiger partial charge is 0.338 e. The molecule has 28 heavy (non-hydrogen) atoms. The predicted octanol–water partition coefficient (Wildman–Crippen LogP) is 5.09. The Morgan fingerprint density at radius 2 is 1.86 bits per heavy atom. The van der Waals surface area contributed by atoms with Crippen LogP contribution < -0.4 is 10.1 Å². The zero-order valence-corrected chi connectivity index (χ0v) is 17.5. The molecule has 0 saturated carbocycles. The number of ether oxygens (including phenoxy) is 2. The van der Waals surface area contributed by atoms with Crippen molar-refractivity contribution < 1.29 is 19.1 Å². The van der Waals surface area contributed by atoms with Crippen LogP contribution in [0.4, 0.5) is 5.69 Å². The van der Waals surface area contributed by atoms with Gasteiger partial charge in [-0.3, -0.25) is 4.79 Å². The van der Waals surface area contributed by atoms with Crippen LogP contribution in [0.3, 0.4) is 0 Å². The molecule has 1 aliphatic carbocycles. The van der Waals surface area contributed by atoms with Crippen LogP contribution in [0.1, 0.15) is 64.1 Å². The van der Waals surface area contributed by atoms with Crippen LogP contribution in [0.2, 0.25) is 0 Å². The van der Waals surface area contributed by atoms with Crippen molar-refractivity contribution in [3.63, 3.8) is 0 Å². The summed E-state index contributed by atoms with van der Waals surface area (Å²) in [5, 5.41) is 2.93. The average molecular weight is 402 g/mol. The van der Waals surface area contributed by atoms with Gasteiger partial charge in [-0.1, -0.05) is 13.8 Å². The quantitative estimate of drug-likeness (QED) is 0.656. The molecule has 1 aliphatic rings. The minimum atomic E-state index is -0.365. The van der Waals surface area contributed by atoms with Crippen LogP contribution >= 0.6 is 11.3 Å². The third-order valence-corrected chi connectivity index (χ3v) is 5.82. The molecule has 0 radical (unpaired) electrons.